The van der Waals surface area contributed by atoms with Crippen molar-refractivity contribution in [3.63, 3.8) is 0 Å². The van der Waals surface area contributed by atoms with Gasteiger partial charge in [-0.2, -0.15) is 0 Å². The number of amides is 1. The van der Waals surface area contributed by atoms with Crippen LogP contribution in [0.2, 0.25) is 0 Å². The number of aromatic nitrogens is 2. The van der Waals surface area contributed by atoms with Gasteiger partial charge in [-0.05, 0) is 30.9 Å². The lowest BCUT2D eigenvalue weighted by atomic mass is 9.96. The number of aliphatic hydroxyl groups excluding tert-OH is 1. The van der Waals surface area contributed by atoms with E-state index in [2.05, 4.69) is 20.8 Å². The predicted octanol–water partition coefficient (Wildman–Crippen LogP) is 2.48. The number of aliphatic hydroxyl groups is 1. The molecule has 3 heterocycles. The summed E-state index contributed by atoms with van der Waals surface area (Å²) >= 11 is 0. The molecule has 1 unspecified atom stereocenters. The van der Waals surface area contributed by atoms with Crippen molar-refractivity contribution in [3.05, 3.63) is 35.9 Å². The molecular formula is C18H25N3O2. The Morgan fingerprint density at radius 1 is 1.39 bits per heavy atom. The molecule has 1 fully saturated rings. The Hall–Kier alpha value is -1.88. The highest BCUT2D eigenvalue weighted by atomic mass is 16.3. The number of carbonyl (C=O) groups is 1. The first-order valence-electron chi connectivity index (χ1n) is 8.29. The Bertz CT molecular complexity index is 715. The molecule has 0 aromatic carbocycles. The zero-order valence-corrected chi connectivity index (χ0v) is 14.1. The highest BCUT2D eigenvalue weighted by molar-refractivity contribution is 5.99. The van der Waals surface area contributed by atoms with Gasteiger partial charge in [-0.25, -0.2) is 4.98 Å². The number of hydrogen-bond acceptors (Lipinski definition) is 3. The number of pyridine rings is 1. The molecule has 1 saturated heterocycles. The number of rotatable bonds is 2. The summed E-state index contributed by atoms with van der Waals surface area (Å²) in [5.41, 5.74) is 1.24. The second kappa shape index (κ2) is 5.96. The monoisotopic (exact) mass is 315 g/mol. The first kappa shape index (κ1) is 16.0. The number of carbonyl (C=O) groups excluding carboxylic acids is 1. The van der Waals surface area contributed by atoms with Crippen molar-refractivity contribution in [1.82, 2.24) is 14.3 Å². The van der Waals surface area contributed by atoms with E-state index in [0.717, 1.165) is 30.7 Å². The summed E-state index contributed by atoms with van der Waals surface area (Å²) in [4.78, 5) is 19.5. The summed E-state index contributed by atoms with van der Waals surface area (Å²) in [6.45, 7) is 7.81. The first-order valence-corrected chi connectivity index (χ1v) is 8.29. The average molecular weight is 315 g/mol. The summed E-state index contributed by atoms with van der Waals surface area (Å²) < 4.78 is 2.01. The number of fused-ring (bicyclic) bond motifs is 1. The van der Waals surface area contributed by atoms with Gasteiger partial charge in [0, 0.05) is 31.3 Å². The molecule has 0 aliphatic carbocycles. The number of hydrogen-bond donors (Lipinski definition) is 1. The Balaban J connectivity index is 2.01. The van der Waals surface area contributed by atoms with E-state index >= 15 is 0 Å². The topological polar surface area (TPSA) is 57.8 Å². The highest BCUT2D eigenvalue weighted by Crippen LogP contribution is 2.26. The van der Waals surface area contributed by atoms with Crippen LogP contribution < -0.4 is 0 Å². The van der Waals surface area contributed by atoms with Crippen LogP contribution in [-0.2, 0) is 5.41 Å². The van der Waals surface area contributed by atoms with E-state index in [4.69, 9.17) is 4.98 Å². The molecule has 3 rings (SSSR count). The van der Waals surface area contributed by atoms with E-state index in [0.29, 0.717) is 12.2 Å². The number of imidazole rings is 1. The molecule has 0 spiro atoms. The summed E-state index contributed by atoms with van der Waals surface area (Å²) in [6, 6.07) is 5.84. The molecular weight excluding hydrogens is 290 g/mol. The second-order valence-electron chi connectivity index (χ2n) is 7.43. The van der Waals surface area contributed by atoms with Crippen molar-refractivity contribution in [1.29, 1.82) is 0 Å². The van der Waals surface area contributed by atoms with Crippen LogP contribution in [0.15, 0.2) is 24.4 Å². The maximum atomic E-state index is 13.0. The van der Waals surface area contributed by atoms with Crippen LogP contribution in [0, 0.1) is 5.92 Å². The molecule has 1 aliphatic rings. The van der Waals surface area contributed by atoms with Gasteiger partial charge >= 0.3 is 0 Å². The lowest BCUT2D eigenvalue weighted by Crippen LogP contribution is -2.41. The molecule has 0 saturated carbocycles. The highest BCUT2D eigenvalue weighted by Gasteiger charge is 2.29. The molecule has 1 atom stereocenters. The second-order valence-corrected chi connectivity index (χ2v) is 7.43. The van der Waals surface area contributed by atoms with Crippen LogP contribution in [0.4, 0.5) is 0 Å². The minimum absolute atomic E-state index is 0.0256. The average Bonchev–Trinajstić information content (AvgIpc) is 2.94. The molecule has 1 aliphatic heterocycles. The number of piperidine rings is 1. The van der Waals surface area contributed by atoms with Crippen LogP contribution in [0.3, 0.4) is 0 Å². The van der Waals surface area contributed by atoms with Crippen LogP contribution in [-0.4, -0.2) is 45.0 Å². The molecule has 0 radical (unpaired) electrons. The summed E-state index contributed by atoms with van der Waals surface area (Å²) in [5, 5.41) is 9.39. The van der Waals surface area contributed by atoms with Crippen LogP contribution in [0.5, 0.6) is 0 Å². The van der Waals surface area contributed by atoms with Crippen molar-refractivity contribution < 1.29 is 9.90 Å². The fourth-order valence-electron chi connectivity index (χ4n) is 3.27. The van der Waals surface area contributed by atoms with Gasteiger partial charge in [0.1, 0.15) is 5.82 Å². The zero-order valence-electron chi connectivity index (χ0n) is 14.1. The van der Waals surface area contributed by atoms with Gasteiger partial charge in [0.25, 0.3) is 5.91 Å². The van der Waals surface area contributed by atoms with Crippen LogP contribution in [0.25, 0.3) is 5.52 Å². The van der Waals surface area contributed by atoms with Crippen molar-refractivity contribution in [2.24, 2.45) is 5.92 Å². The van der Waals surface area contributed by atoms with Gasteiger partial charge in [-0.3, -0.25) is 4.79 Å². The Kier molecular flexibility index (Phi) is 4.15. The quantitative estimate of drug-likeness (QED) is 0.926. The lowest BCUT2D eigenvalue weighted by Gasteiger charge is -2.31. The third kappa shape index (κ3) is 2.98. The van der Waals surface area contributed by atoms with Gasteiger partial charge in [0.2, 0.25) is 0 Å². The van der Waals surface area contributed by atoms with Gasteiger partial charge in [0.15, 0.2) is 5.69 Å². The summed E-state index contributed by atoms with van der Waals surface area (Å²) in [6.07, 6.45) is 3.89. The molecule has 5 heteroatoms. The predicted molar refractivity (Wildman–Crippen MR) is 89.6 cm³/mol. The van der Waals surface area contributed by atoms with Gasteiger partial charge in [0.05, 0.1) is 5.52 Å². The van der Waals surface area contributed by atoms with E-state index < -0.39 is 0 Å². The normalized spacial score (nSPS) is 19.3. The Morgan fingerprint density at radius 2 is 2.17 bits per heavy atom. The smallest absolute Gasteiger partial charge is 0.274 e. The standard InChI is InChI=1S/C18H25N3O2/c1-18(2,3)17-19-15(14-8-4-5-10-21(14)17)16(23)20-9-6-7-13(11-20)12-22/h4-5,8,10,13,22H,6-7,9,11-12H2,1-3H3. The largest absolute Gasteiger partial charge is 0.396 e. The number of nitrogens with zero attached hydrogens (tertiary/aromatic N) is 3. The molecule has 0 bridgehead atoms. The fourth-order valence-corrected chi connectivity index (χ4v) is 3.27. The molecule has 5 nitrogen and oxygen atoms in total. The summed E-state index contributed by atoms with van der Waals surface area (Å²) in [5.74, 6) is 1.05. The maximum Gasteiger partial charge on any atom is 0.274 e. The van der Waals surface area contributed by atoms with E-state index in [1.54, 1.807) is 0 Å². The van der Waals surface area contributed by atoms with E-state index in [-0.39, 0.29) is 23.8 Å². The van der Waals surface area contributed by atoms with Crippen molar-refractivity contribution in [2.75, 3.05) is 19.7 Å². The third-order valence-electron chi connectivity index (χ3n) is 4.49. The molecule has 1 amide bonds. The van der Waals surface area contributed by atoms with Crippen molar-refractivity contribution in [2.45, 2.75) is 39.0 Å². The lowest BCUT2D eigenvalue weighted by molar-refractivity contribution is 0.0617. The van der Waals surface area contributed by atoms with Crippen LogP contribution >= 0.6 is 0 Å². The van der Waals surface area contributed by atoms with Crippen molar-refractivity contribution in [3.8, 4) is 0 Å². The minimum atomic E-state index is -0.141. The van der Waals surface area contributed by atoms with Gasteiger partial charge in [-0.1, -0.05) is 26.8 Å². The van der Waals surface area contributed by atoms with Crippen molar-refractivity contribution >= 4 is 11.4 Å². The van der Waals surface area contributed by atoms with Crippen LogP contribution in [0.1, 0.15) is 49.9 Å². The molecule has 124 valence electrons. The van der Waals surface area contributed by atoms with E-state index in [9.17, 15) is 9.90 Å². The molecule has 23 heavy (non-hydrogen) atoms. The van der Waals surface area contributed by atoms with E-state index in [1.165, 1.54) is 0 Å². The Labute approximate surface area is 136 Å². The summed E-state index contributed by atoms with van der Waals surface area (Å²) in [7, 11) is 0. The first-order chi connectivity index (χ1) is 10.9. The number of likely N-dealkylation sites (tertiary alicyclic amines) is 1. The Morgan fingerprint density at radius 3 is 2.87 bits per heavy atom. The molecule has 1 N–H and O–H groups in total. The molecule has 2 aromatic heterocycles. The van der Waals surface area contributed by atoms with Gasteiger partial charge < -0.3 is 14.4 Å². The van der Waals surface area contributed by atoms with E-state index in [1.807, 2.05) is 33.7 Å². The fraction of sp³-hybridized carbons (Fsp3) is 0.556. The minimum Gasteiger partial charge on any atom is -0.396 e. The molecule has 2 aromatic rings. The van der Waals surface area contributed by atoms with Gasteiger partial charge in [-0.15, -0.1) is 0 Å². The third-order valence-corrected chi connectivity index (χ3v) is 4.49. The zero-order chi connectivity index (χ0) is 16.6. The maximum absolute atomic E-state index is 13.0. The SMILES string of the molecule is CC(C)(C)c1nc(C(=O)N2CCCC(CO)C2)c2ccccn12.